The van der Waals surface area contributed by atoms with Crippen molar-refractivity contribution < 1.29 is 0 Å². The van der Waals surface area contributed by atoms with Crippen molar-refractivity contribution in [3.05, 3.63) is 0 Å². The van der Waals surface area contributed by atoms with Gasteiger partial charge in [-0.15, -0.1) is 0 Å². The molecule has 2 atom stereocenters. The van der Waals surface area contributed by atoms with Crippen LogP contribution in [0.15, 0.2) is 0 Å². The molecular weight excluding hydrogens is 232 g/mol. The van der Waals surface area contributed by atoms with Gasteiger partial charge < -0.3 is 0 Å². The summed E-state index contributed by atoms with van der Waals surface area (Å²) in [6.07, 6.45) is 11.5. The summed E-state index contributed by atoms with van der Waals surface area (Å²) >= 11 is 0. The molecule has 0 spiro atoms. The predicted octanol–water partition coefficient (Wildman–Crippen LogP) is 4.36. The molecule has 2 unspecified atom stereocenters. The minimum absolute atomic E-state index is 0.266. The third kappa shape index (κ3) is 3.72. The fourth-order valence-electron chi connectivity index (χ4n) is 3.99. The zero-order valence-electron chi connectivity index (χ0n) is 13.0. The quantitative estimate of drug-likeness (QED) is 0.691. The first-order valence-corrected chi connectivity index (χ1v) is 8.15. The second-order valence-electron chi connectivity index (χ2n) is 7.50. The lowest BCUT2D eigenvalue weighted by molar-refractivity contribution is 0.0757. The number of hydrogen-bond acceptors (Lipinski definition) is 2. The third-order valence-electron chi connectivity index (χ3n) is 5.55. The molecule has 0 aliphatic heterocycles. The Morgan fingerprint density at radius 3 is 2.26 bits per heavy atom. The summed E-state index contributed by atoms with van der Waals surface area (Å²) in [5.41, 5.74) is 0.537. The van der Waals surface area contributed by atoms with Gasteiger partial charge in [-0.2, -0.15) is 5.26 Å². The lowest BCUT2D eigenvalue weighted by Crippen LogP contribution is -2.46. The van der Waals surface area contributed by atoms with Crippen molar-refractivity contribution in [2.45, 2.75) is 83.7 Å². The molecule has 19 heavy (non-hydrogen) atoms. The van der Waals surface area contributed by atoms with Crippen LogP contribution in [0.2, 0.25) is 0 Å². The Balaban J connectivity index is 1.97. The van der Waals surface area contributed by atoms with Crippen molar-refractivity contribution in [2.75, 3.05) is 7.05 Å². The van der Waals surface area contributed by atoms with E-state index in [-0.39, 0.29) is 5.92 Å². The van der Waals surface area contributed by atoms with Crippen molar-refractivity contribution in [2.24, 2.45) is 11.3 Å². The summed E-state index contributed by atoms with van der Waals surface area (Å²) in [6, 6.07) is 3.82. The van der Waals surface area contributed by atoms with Gasteiger partial charge in [-0.05, 0) is 51.0 Å². The first-order chi connectivity index (χ1) is 9.03. The number of nitriles is 1. The lowest BCUT2D eigenvalue weighted by Gasteiger charge is -2.42. The number of rotatable bonds is 2. The van der Waals surface area contributed by atoms with Gasteiger partial charge in [0.1, 0.15) is 0 Å². The maximum absolute atomic E-state index is 9.44. The van der Waals surface area contributed by atoms with Gasteiger partial charge in [0.05, 0.1) is 12.0 Å². The van der Waals surface area contributed by atoms with E-state index in [1.165, 1.54) is 51.4 Å². The third-order valence-corrected chi connectivity index (χ3v) is 5.55. The summed E-state index contributed by atoms with van der Waals surface area (Å²) in [5.74, 6) is 0.266. The van der Waals surface area contributed by atoms with E-state index in [1.54, 1.807) is 0 Å². The highest BCUT2D eigenvalue weighted by atomic mass is 15.2. The number of hydrogen-bond donors (Lipinski definition) is 0. The van der Waals surface area contributed by atoms with Crippen molar-refractivity contribution in [3.63, 3.8) is 0 Å². The summed E-state index contributed by atoms with van der Waals surface area (Å²) in [7, 11) is 2.28. The molecule has 0 aromatic rings. The lowest BCUT2D eigenvalue weighted by atomic mass is 9.75. The van der Waals surface area contributed by atoms with Crippen LogP contribution < -0.4 is 0 Å². The first kappa shape index (κ1) is 14.9. The van der Waals surface area contributed by atoms with Crippen LogP contribution in [-0.4, -0.2) is 24.0 Å². The molecule has 2 fully saturated rings. The molecule has 0 N–H and O–H groups in total. The van der Waals surface area contributed by atoms with Gasteiger partial charge in [0.2, 0.25) is 0 Å². The molecule has 0 saturated heterocycles. The van der Waals surface area contributed by atoms with E-state index in [0.29, 0.717) is 17.5 Å². The van der Waals surface area contributed by atoms with E-state index in [9.17, 15) is 5.26 Å². The van der Waals surface area contributed by atoms with Crippen LogP contribution >= 0.6 is 0 Å². The van der Waals surface area contributed by atoms with Crippen molar-refractivity contribution in [3.8, 4) is 6.07 Å². The van der Waals surface area contributed by atoms with Gasteiger partial charge in [-0.3, -0.25) is 4.90 Å². The van der Waals surface area contributed by atoms with Gasteiger partial charge in [0.15, 0.2) is 0 Å². The molecule has 0 aromatic heterocycles. The van der Waals surface area contributed by atoms with E-state index in [0.717, 1.165) is 6.42 Å². The van der Waals surface area contributed by atoms with Crippen molar-refractivity contribution >= 4 is 0 Å². The topological polar surface area (TPSA) is 27.0 Å². The molecule has 2 aliphatic carbocycles. The van der Waals surface area contributed by atoms with Gasteiger partial charge in [-0.25, -0.2) is 0 Å². The minimum Gasteiger partial charge on any atom is -0.299 e. The Morgan fingerprint density at radius 2 is 1.63 bits per heavy atom. The standard InChI is InChI=1S/C17H30N2/c1-17(2)11-9-15(10-12-17)19(3)16-8-6-4-5-7-14(16)13-18/h14-16H,4-12H2,1-3H3. The fraction of sp³-hybridized carbons (Fsp3) is 0.941. The molecular formula is C17H30N2. The molecule has 2 heteroatoms. The smallest absolute Gasteiger partial charge is 0.0672 e. The first-order valence-electron chi connectivity index (χ1n) is 8.15. The highest BCUT2D eigenvalue weighted by Crippen LogP contribution is 2.38. The zero-order chi connectivity index (χ0) is 13.9. The molecule has 0 bridgehead atoms. The van der Waals surface area contributed by atoms with Crippen LogP contribution in [-0.2, 0) is 0 Å². The van der Waals surface area contributed by atoms with Crippen LogP contribution in [0.4, 0.5) is 0 Å². The van der Waals surface area contributed by atoms with Crippen LogP contribution in [0.25, 0.3) is 0 Å². The Bertz CT molecular complexity index is 319. The summed E-state index contributed by atoms with van der Waals surface area (Å²) < 4.78 is 0. The second kappa shape index (κ2) is 6.27. The molecule has 2 nitrogen and oxygen atoms in total. The van der Waals surface area contributed by atoms with E-state index in [1.807, 2.05) is 0 Å². The van der Waals surface area contributed by atoms with Gasteiger partial charge >= 0.3 is 0 Å². The molecule has 0 aromatic carbocycles. The highest BCUT2D eigenvalue weighted by molar-refractivity contribution is 4.96. The molecule has 0 radical (unpaired) electrons. The molecule has 2 saturated carbocycles. The molecule has 0 heterocycles. The normalized spacial score (nSPS) is 32.8. The highest BCUT2D eigenvalue weighted by Gasteiger charge is 2.34. The second-order valence-corrected chi connectivity index (χ2v) is 7.50. The Labute approximate surface area is 119 Å². The SMILES string of the molecule is CN(C1CCC(C)(C)CC1)C1CCCCCC1C#N. The zero-order valence-corrected chi connectivity index (χ0v) is 13.0. The van der Waals surface area contributed by atoms with E-state index in [4.69, 9.17) is 0 Å². The predicted molar refractivity (Wildman–Crippen MR) is 79.8 cm³/mol. The monoisotopic (exact) mass is 262 g/mol. The molecule has 2 rings (SSSR count). The summed E-state index contributed by atoms with van der Waals surface area (Å²) in [6.45, 7) is 4.79. The van der Waals surface area contributed by atoms with E-state index in [2.05, 4.69) is 31.9 Å². The minimum atomic E-state index is 0.266. The van der Waals surface area contributed by atoms with Gasteiger partial charge in [0.25, 0.3) is 0 Å². The van der Waals surface area contributed by atoms with Crippen molar-refractivity contribution in [1.29, 1.82) is 5.26 Å². The average molecular weight is 262 g/mol. The van der Waals surface area contributed by atoms with Gasteiger partial charge in [0, 0.05) is 12.1 Å². The van der Waals surface area contributed by atoms with Gasteiger partial charge in [-0.1, -0.05) is 33.1 Å². The van der Waals surface area contributed by atoms with Crippen LogP contribution in [0.3, 0.4) is 0 Å². The Kier molecular flexibility index (Phi) is 4.90. The molecule has 108 valence electrons. The maximum atomic E-state index is 9.44. The largest absolute Gasteiger partial charge is 0.299 e. The summed E-state index contributed by atoms with van der Waals surface area (Å²) in [5, 5.41) is 9.44. The molecule has 0 amide bonds. The number of nitrogens with zero attached hydrogens (tertiary/aromatic N) is 2. The van der Waals surface area contributed by atoms with Crippen LogP contribution in [0, 0.1) is 22.7 Å². The maximum Gasteiger partial charge on any atom is 0.0672 e. The summed E-state index contributed by atoms with van der Waals surface area (Å²) in [4.78, 5) is 2.58. The van der Waals surface area contributed by atoms with Crippen LogP contribution in [0.5, 0.6) is 0 Å². The fourth-order valence-corrected chi connectivity index (χ4v) is 3.99. The van der Waals surface area contributed by atoms with Crippen LogP contribution in [0.1, 0.15) is 71.6 Å². The Hall–Kier alpha value is -0.550. The van der Waals surface area contributed by atoms with E-state index >= 15 is 0 Å². The molecule has 2 aliphatic rings. The Morgan fingerprint density at radius 1 is 1.00 bits per heavy atom. The average Bonchev–Trinajstić information content (AvgIpc) is 2.62. The van der Waals surface area contributed by atoms with Crippen molar-refractivity contribution in [1.82, 2.24) is 4.90 Å². The van der Waals surface area contributed by atoms with E-state index < -0.39 is 0 Å².